The van der Waals surface area contributed by atoms with Crippen molar-refractivity contribution >= 4 is 11.9 Å². The van der Waals surface area contributed by atoms with E-state index in [1.807, 2.05) is 17.0 Å². The minimum Gasteiger partial charge on any atom is -0.368 e. The number of aryl methyl sites for hydroxylation is 1. The van der Waals surface area contributed by atoms with E-state index < -0.39 is 0 Å². The van der Waals surface area contributed by atoms with Crippen LogP contribution in [0.5, 0.6) is 0 Å². The van der Waals surface area contributed by atoms with Crippen molar-refractivity contribution in [2.75, 3.05) is 18.8 Å². The molecule has 0 aromatic carbocycles. The third-order valence-corrected chi connectivity index (χ3v) is 5.25. The SMILES string of the molecule is Cn1cc(C(=O)N2CCCC(c3ccc(-c4cnc(N)nc4)cn3)C2)ccc1=O. The molecule has 0 saturated carbocycles. The Balaban J connectivity index is 1.49. The summed E-state index contributed by atoms with van der Waals surface area (Å²) in [6, 6.07) is 7.01. The first-order valence-corrected chi connectivity index (χ1v) is 9.51. The molecule has 4 rings (SSSR count). The Labute approximate surface area is 168 Å². The number of nitrogen functional groups attached to an aromatic ring is 1. The number of rotatable bonds is 3. The topological polar surface area (TPSA) is 107 Å². The van der Waals surface area contributed by atoms with Gasteiger partial charge in [-0.25, -0.2) is 9.97 Å². The van der Waals surface area contributed by atoms with E-state index in [0.717, 1.165) is 29.7 Å². The molecule has 148 valence electrons. The van der Waals surface area contributed by atoms with E-state index in [1.54, 1.807) is 37.9 Å². The highest BCUT2D eigenvalue weighted by Gasteiger charge is 2.26. The van der Waals surface area contributed by atoms with Crippen LogP contribution in [0, 0.1) is 0 Å². The van der Waals surface area contributed by atoms with Gasteiger partial charge in [0, 0.05) is 73.7 Å². The van der Waals surface area contributed by atoms with E-state index in [4.69, 9.17) is 5.73 Å². The summed E-state index contributed by atoms with van der Waals surface area (Å²) in [7, 11) is 1.65. The van der Waals surface area contributed by atoms with Crippen LogP contribution in [0.15, 0.2) is 53.8 Å². The molecule has 0 radical (unpaired) electrons. The average molecular weight is 390 g/mol. The van der Waals surface area contributed by atoms with Crippen LogP contribution in [-0.4, -0.2) is 43.4 Å². The maximum absolute atomic E-state index is 12.9. The smallest absolute Gasteiger partial charge is 0.255 e. The molecule has 1 amide bonds. The number of aromatic nitrogens is 4. The van der Waals surface area contributed by atoms with Crippen molar-refractivity contribution in [1.82, 2.24) is 24.4 Å². The molecule has 8 nitrogen and oxygen atoms in total. The summed E-state index contributed by atoms with van der Waals surface area (Å²) in [6.07, 6.45) is 8.64. The predicted octanol–water partition coefficient (Wildman–Crippen LogP) is 1.84. The number of amides is 1. The number of hydrogen-bond acceptors (Lipinski definition) is 6. The van der Waals surface area contributed by atoms with Crippen molar-refractivity contribution in [1.29, 1.82) is 0 Å². The fraction of sp³-hybridized carbons (Fsp3) is 0.286. The lowest BCUT2D eigenvalue weighted by Gasteiger charge is -2.32. The van der Waals surface area contributed by atoms with Gasteiger partial charge in [-0.3, -0.25) is 14.6 Å². The van der Waals surface area contributed by atoms with Crippen molar-refractivity contribution in [2.45, 2.75) is 18.8 Å². The van der Waals surface area contributed by atoms with Gasteiger partial charge in [-0.15, -0.1) is 0 Å². The fourth-order valence-electron chi connectivity index (χ4n) is 3.61. The molecule has 3 aromatic rings. The lowest BCUT2D eigenvalue weighted by atomic mass is 9.93. The predicted molar refractivity (Wildman–Crippen MR) is 109 cm³/mol. The first-order valence-electron chi connectivity index (χ1n) is 9.51. The lowest BCUT2D eigenvalue weighted by Crippen LogP contribution is -2.39. The number of likely N-dealkylation sites (tertiary alicyclic amines) is 1. The normalized spacial score (nSPS) is 16.6. The van der Waals surface area contributed by atoms with Crippen LogP contribution in [0.25, 0.3) is 11.1 Å². The minimum atomic E-state index is -0.131. The number of piperidine rings is 1. The number of carbonyl (C=O) groups is 1. The summed E-state index contributed by atoms with van der Waals surface area (Å²) < 4.78 is 1.43. The number of carbonyl (C=O) groups excluding carboxylic acids is 1. The molecule has 29 heavy (non-hydrogen) atoms. The molecule has 0 aliphatic carbocycles. The highest BCUT2D eigenvalue weighted by molar-refractivity contribution is 5.94. The van der Waals surface area contributed by atoms with Crippen molar-refractivity contribution in [2.24, 2.45) is 7.05 Å². The van der Waals surface area contributed by atoms with Crippen molar-refractivity contribution < 1.29 is 4.79 Å². The standard InChI is InChI=1S/C21H22N6O2/c1-26-12-16(5-7-19(26)28)20(29)27-8-2-3-15(13-27)18-6-4-14(9-23-18)17-10-24-21(22)25-11-17/h4-7,9-12,15H,2-3,8,13H2,1H3,(H2,22,24,25). The minimum absolute atomic E-state index is 0.0547. The Morgan fingerprint density at radius 2 is 1.83 bits per heavy atom. The number of anilines is 1. The molecule has 0 bridgehead atoms. The third-order valence-electron chi connectivity index (χ3n) is 5.25. The largest absolute Gasteiger partial charge is 0.368 e. The summed E-state index contributed by atoms with van der Waals surface area (Å²) >= 11 is 0. The van der Waals surface area contributed by atoms with Gasteiger partial charge in [0.25, 0.3) is 5.91 Å². The van der Waals surface area contributed by atoms with Gasteiger partial charge in [-0.2, -0.15) is 0 Å². The van der Waals surface area contributed by atoms with Crippen molar-refractivity contribution in [3.63, 3.8) is 0 Å². The van der Waals surface area contributed by atoms with E-state index >= 15 is 0 Å². The molecule has 8 heteroatoms. The van der Waals surface area contributed by atoms with Crippen LogP contribution in [0.4, 0.5) is 5.95 Å². The van der Waals surface area contributed by atoms with E-state index in [0.29, 0.717) is 18.7 Å². The summed E-state index contributed by atoms with van der Waals surface area (Å²) in [6.45, 7) is 1.32. The van der Waals surface area contributed by atoms with Gasteiger partial charge < -0.3 is 15.2 Å². The number of nitrogens with zero attached hydrogens (tertiary/aromatic N) is 5. The van der Waals surface area contributed by atoms with E-state index in [9.17, 15) is 9.59 Å². The van der Waals surface area contributed by atoms with Crippen LogP contribution in [0.1, 0.15) is 34.8 Å². The summed E-state index contributed by atoms with van der Waals surface area (Å²) in [5.74, 6) is 0.363. The average Bonchev–Trinajstić information content (AvgIpc) is 2.76. The zero-order valence-electron chi connectivity index (χ0n) is 16.2. The second-order valence-corrected chi connectivity index (χ2v) is 7.26. The van der Waals surface area contributed by atoms with Crippen LogP contribution < -0.4 is 11.3 Å². The molecule has 1 fully saturated rings. The zero-order valence-corrected chi connectivity index (χ0v) is 16.2. The van der Waals surface area contributed by atoms with Gasteiger partial charge in [0.15, 0.2) is 0 Å². The summed E-state index contributed by atoms with van der Waals surface area (Å²) in [4.78, 5) is 38.9. The molecule has 1 aliphatic heterocycles. The van der Waals surface area contributed by atoms with E-state index in [-0.39, 0.29) is 23.3 Å². The maximum Gasteiger partial charge on any atom is 0.255 e. The van der Waals surface area contributed by atoms with Gasteiger partial charge in [-0.1, -0.05) is 6.07 Å². The number of hydrogen-bond donors (Lipinski definition) is 1. The highest BCUT2D eigenvalue weighted by Crippen LogP contribution is 2.28. The second-order valence-electron chi connectivity index (χ2n) is 7.26. The number of nitrogens with two attached hydrogens (primary N) is 1. The molecule has 2 N–H and O–H groups in total. The van der Waals surface area contributed by atoms with Crippen LogP contribution >= 0.6 is 0 Å². The Kier molecular flexibility index (Phi) is 5.07. The zero-order chi connectivity index (χ0) is 20.4. The highest BCUT2D eigenvalue weighted by atomic mass is 16.2. The van der Waals surface area contributed by atoms with Crippen molar-refractivity contribution in [3.8, 4) is 11.1 Å². The molecule has 1 unspecified atom stereocenters. The third kappa shape index (κ3) is 4.01. The van der Waals surface area contributed by atoms with Gasteiger partial charge in [0.1, 0.15) is 0 Å². The van der Waals surface area contributed by atoms with Crippen LogP contribution in [-0.2, 0) is 7.05 Å². The first kappa shape index (κ1) is 18.8. The molecule has 1 saturated heterocycles. The molecule has 4 heterocycles. The molecule has 0 spiro atoms. The fourth-order valence-corrected chi connectivity index (χ4v) is 3.61. The Morgan fingerprint density at radius 1 is 1.07 bits per heavy atom. The Morgan fingerprint density at radius 3 is 2.52 bits per heavy atom. The van der Waals surface area contributed by atoms with Crippen LogP contribution in [0.2, 0.25) is 0 Å². The van der Waals surface area contributed by atoms with Gasteiger partial charge in [-0.05, 0) is 25.0 Å². The Bertz CT molecular complexity index is 1080. The maximum atomic E-state index is 12.9. The monoisotopic (exact) mass is 390 g/mol. The van der Waals surface area contributed by atoms with Gasteiger partial charge >= 0.3 is 0 Å². The molecular weight excluding hydrogens is 368 g/mol. The Hall–Kier alpha value is -3.55. The molecule has 3 aromatic heterocycles. The summed E-state index contributed by atoms with van der Waals surface area (Å²) in [5, 5.41) is 0. The first-order chi connectivity index (χ1) is 14.0. The van der Waals surface area contributed by atoms with E-state index in [2.05, 4.69) is 15.0 Å². The van der Waals surface area contributed by atoms with Gasteiger partial charge in [0.2, 0.25) is 11.5 Å². The van der Waals surface area contributed by atoms with Crippen LogP contribution in [0.3, 0.4) is 0 Å². The molecular formula is C21H22N6O2. The molecule has 1 aliphatic rings. The second kappa shape index (κ2) is 7.83. The molecule has 1 atom stereocenters. The quantitative estimate of drug-likeness (QED) is 0.731. The lowest BCUT2D eigenvalue weighted by molar-refractivity contribution is 0.0705. The van der Waals surface area contributed by atoms with Gasteiger partial charge in [0.05, 0.1) is 5.56 Å². The van der Waals surface area contributed by atoms with Crippen molar-refractivity contribution in [3.05, 3.63) is 70.7 Å². The van der Waals surface area contributed by atoms with E-state index in [1.165, 1.54) is 10.6 Å². The number of pyridine rings is 2. The summed E-state index contributed by atoms with van der Waals surface area (Å²) in [5.41, 5.74) is 8.67.